The van der Waals surface area contributed by atoms with Gasteiger partial charge in [0.25, 0.3) is 11.8 Å². The van der Waals surface area contributed by atoms with Crippen LogP contribution in [0.25, 0.3) is 17.2 Å². The molecule has 0 spiro atoms. The number of amides is 3. The maximum atomic E-state index is 14.1. The van der Waals surface area contributed by atoms with Crippen LogP contribution in [0.5, 0.6) is 0 Å². The fraction of sp³-hybridized carbons (Fsp3) is 0.0200. The van der Waals surface area contributed by atoms with Crippen molar-refractivity contribution in [3.63, 3.8) is 0 Å². The average Bonchev–Trinajstić information content (AvgIpc) is 3.28. The van der Waals surface area contributed by atoms with Crippen molar-refractivity contribution < 1.29 is 24.0 Å². The first-order chi connectivity index (χ1) is 28.8. The highest BCUT2D eigenvalue weighted by Crippen LogP contribution is 2.38. The minimum Gasteiger partial charge on any atom is -0.324 e. The molecule has 8 rings (SSSR count). The summed E-state index contributed by atoms with van der Waals surface area (Å²) in [6.45, 7) is 0. The van der Waals surface area contributed by atoms with E-state index in [9.17, 15) is 24.0 Å². The van der Waals surface area contributed by atoms with Gasteiger partial charge >= 0.3 is 0 Å². The molecule has 0 bridgehead atoms. The molecule has 1 atom stereocenters. The Morgan fingerprint density at radius 3 is 1.78 bits per heavy atom. The van der Waals surface area contributed by atoms with Gasteiger partial charge < -0.3 is 16.0 Å². The van der Waals surface area contributed by atoms with Gasteiger partial charge in [-0.25, -0.2) is 0 Å². The molecule has 3 amide bonds. The first-order valence-corrected chi connectivity index (χ1v) is 19.7. The zero-order chi connectivity index (χ0) is 40.7. The third kappa shape index (κ3) is 8.56. The molecular weight excluding hydrogens is 755 g/mol. The third-order valence-corrected chi connectivity index (χ3v) is 11.0. The van der Waals surface area contributed by atoms with Crippen molar-refractivity contribution in [3.05, 3.63) is 227 Å². The van der Waals surface area contributed by atoms with Crippen molar-refractivity contribution in [2.45, 2.75) is 10.1 Å². The highest BCUT2D eigenvalue weighted by molar-refractivity contribution is 8.00. The van der Waals surface area contributed by atoms with Crippen molar-refractivity contribution in [1.82, 2.24) is 5.32 Å². The topological polar surface area (TPSA) is 121 Å². The Morgan fingerprint density at radius 2 is 1.10 bits per heavy atom. The van der Waals surface area contributed by atoms with Gasteiger partial charge in [-0.15, -0.1) is 11.8 Å². The van der Waals surface area contributed by atoms with Crippen LogP contribution in [0.15, 0.2) is 193 Å². The molecule has 9 heteroatoms. The molecule has 59 heavy (non-hydrogen) atoms. The normalized spacial score (nSPS) is 12.4. The molecule has 1 aliphatic rings. The summed E-state index contributed by atoms with van der Waals surface area (Å²) in [6.07, 6.45) is 1.63. The maximum Gasteiger partial charge on any atom is 0.272 e. The van der Waals surface area contributed by atoms with Crippen LogP contribution in [-0.2, 0) is 9.59 Å². The molecule has 7 aromatic carbocycles. The van der Waals surface area contributed by atoms with Gasteiger partial charge in [0.15, 0.2) is 11.6 Å². The van der Waals surface area contributed by atoms with E-state index in [1.54, 1.807) is 97.1 Å². The first kappa shape index (κ1) is 38.3. The van der Waals surface area contributed by atoms with E-state index < -0.39 is 17.1 Å². The second-order valence-corrected chi connectivity index (χ2v) is 14.9. The highest BCUT2D eigenvalue weighted by atomic mass is 32.2. The molecule has 1 unspecified atom stereocenters. The molecule has 0 aliphatic heterocycles. The first-order valence-electron chi connectivity index (χ1n) is 18.8. The summed E-state index contributed by atoms with van der Waals surface area (Å²) in [5.41, 5.74) is 5.76. The Bertz CT molecular complexity index is 2740. The minimum absolute atomic E-state index is 0.0531. The zero-order valence-electron chi connectivity index (χ0n) is 31.4. The van der Waals surface area contributed by atoms with Gasteiger partial charge in [0, 0.05) is 32.8 Å². The Hall–Kier alpha value is -7.62. The second-order valence-electron chi connectivity index (χ2n) is 13.7. The zero-order valence-corrected chi connectivity index (χ0v) is 32.2. The van der Waals surface area contributed by atoms with Gasteiger partial charge in [0.2, 0.25) is 5.91 Å². The fourth-order valence-electron chi connectivity index (χ4n) is 6.81. The summed E-state index contributed by atoms with van der Waals surface area (Å²) in [7, 11) is 0. The van der Waals surface area contributed by atoms with Gasteiger partial charge in [-0.2, -0.15) is 0 Å². The van der Waals surface area contributed by atoms with E-state index in [1.807, 2.05) is 91.0 Å². The molecule has 0 fully saturated rings. The van der Waals surface area contributed by atoms with Crippen molar-refractivity contribution in [2.24, 2.45) is 0 Å². The molecule has 8 nitrogen and oxygen atoms in total. The summed E-state index contributed by atoms with van der Waals surface area (Å²) < 4.78 is 0. The minimum atomic E-state index is -0.745. The third-order valence-electron chi connectivity index (χ3n) is 9.77. The highest BCUT2D eigenvalue weighted by Gasteiger charge is 2.33. The van der Waals surface area contributed by atoms with E-state index in [0.29, 0.717) is 22.4 Å². The lowest BCUT2D eigenvalue weighted by Crippen LogP contribution is -2.30. The Labute approximate surface area is 345 Å². The number of carbonyl (C=O) groups is 5. The molecule has 0 saturated heterocycles. The van der Waals surface area contributed by atoms with Crippen LogP contribution in [0.3, 0.4) is 0 Å². The number of ketones is 2. The number of rotatable bonds is 11. The van der Waals surface area contributed by atoms with Crippen molar-refractivity contribution in [3.8, 4) is 11.1 Å². The number of anilines is 2. The fourth-order valence-corrected chi connectivity index (χ4v) is 7.84. The van der Waals surface area contributed by atoms with Gasteiger partial charge in [0.05, 0.1) is 11.3 Å². The van der Waals surface area contributed by atoms with E-state index in [-0.39, 0.29) is 40.0 Å². The van der Waals surface area contributed by atoms with E-state index in [0.717, 1.165) is 27.1 Å². The SMILES string of the molecule is O=C(Nc1ccc(SC(C(=O)Nc2cccc3c2C(=O)c2ccccc2C3=O)c2ccccc2)cc1)/C(=C/c1ccc(-c2ccccc2)cc1)NC(=O)c1ccccc1. The average molecular weight is 790 g/mol. The molecule has 1 aliphatic carbocycles. The van der Waals surface area contributed by atoms with E-state index in [4.69, 9.17) is 0 Å². The van der Waals surface area contributed by atoms with Gasteiger partial charge in [-0.1, -0.05) is 140 Å². The molecular formula is C50H35N3O5S. The standard InChI is InChI=1S/C50H35N3O5S/c54-45-39-19-10-11-20-40(39)46(55)44-41(45)21-12-22-42(44)52-50(58)47(35-15-6-2-7-16-35)59-38-29-27-37(28-30-38)51-49(57)43(53-48(56)36-17-8-3-9-18-36)31-32-23-25-34(26-24-32)33-13-4-1-5-14-33/h1-31,47H,(H,51,57)(H,52,58)(H,53,56)/b43-31-. The number of benzene rings is 7. The van der Waals surface area contributed by atoms with Crippen LogP contribution in [0.4, 0.5) is 11.4 Å². The lowest BCUT2D eigenvalue weighted by Gasteiger charge is -2.22. The summed E-state index contributed by atoms with van der Waals surface area (Å²) in [6, 6.07) is 54.2. The summed E-state index contributed by atoms with van der Waals surface area (Å²) >= 11 is 1.29. The molecule has 0 saturated carbocycles. The van der Waals surface area contributed by atoms with Crippen molar-refractivity contribution >= 4 is 58.5 Å². The number of carbonyl (C=O) groups excluding carboxylic acids is 5. The number of fused-ring (bicyclic) bond motifs is 2. The number of thioether (sulfide) groups is 1. The van der Waals surface area contributed by atoms with Crippen LogP contribution >= 0.6 is 11.8 Å². The monoisotopic (exact) mass is 789 g/mol. The predicted molar refractivity (Wildman–Crippen MR) is 232 cm³/mol. The summed E-state index contributed by atoms with van der Waals surface area (Å²) in [5.74, 6) is -1.93. The number of nitrogens with one attached hydrogen (secondary N) is 3. The van der Waals surface area contributed by atoms with Gasteiger partial charge in [-0.3, -0.25) is 24.0 Å². The molecule has 0 heterocycles. The van der Waals surface area contributed by atoms with E-state index >= 15 is 0 Å². The molecule has 3 N–H and O–H groups in total. The van der Waals surface area contributed by atoms with Crippen LogP contribution in [0.1, 0.15) is 58.6 Å². The van der Waals surface area contributed by atoms with Crippen LogP contribution in [-0.4, -0.2) is 29.3 Å². The van der Waals surface area contributed by atoms with Gasteiger partial charge in [0.1, 0.15) is 10.9 Å². The Morgan fingerprint density at radius 1 is 0.525 bits per heavy atom. The van der Waals surface area contributed by atoms with Crippen LogP contribution in [0, 0.1) is 0 Å². The van der Waals surface area contributed by atoms with E-state index in [2.05, 4.69) is 16.0 Å². The lowest BCUT2D eigenvalue weighted by molar-refractivity contribution is -0.116. The lowest BCUT2D eigenvalue weighted by atomic mass is 9.83. The maximum absolute atomic E-state index is 14.1. The molecule has 0 aromatic heterocycles. The van der Waals surface area contributed by atoms with Crippen molar-refractivity contribution in [2.75, 3.05) is 10.6 Å². The Balaban J connectivity index is 1.01. The van der Waals surface area contributed by atoms with Crippen LogP contribution in [0.2, 0.25) is 0 Å². The number of hydrogen-bond donors (Lipinski definition) is 3. The largest absolute Gasteiger partial charge is 0.324 e. The summed E-state index contributed by atoms with van der Waals surface area (Å²) in [4.78, 5) is 68.9. The van der Waals surface area contributed by atoms with Crippen molar-refractivity contribution in [1.29, 1.82) is 0 Å². The molecule has 286 valence electrons. The smallest absolute Gasteiger partial charge is 0.272 e. The Kier molecular flexibility index (Phi) is 11.2. The quantitative estimate of drug-likeness (QED) is 0.0886. The number of hydrogen-bond acceptors (Lipinski definition) is 6. The second kappa shape index (κ2) is 17.3. The predicted octanol–water partition coefficient (Wildman–Crippen LogP) is 10.0. The van der Waals surface area contributed by atoms with Crippen LogP contribution < -0.4 is 16.0 Å². The summed E-state index contributed by atoms with van der Waals surface area (Å²) in [5, 5.41) is 7.89. The molecule has 7 aromatic rings. The van der Waals surface area contributed by atoms with Gasteiger partial charge in [-0.05, 0) is 70.8 Å². The van der Waals surface area contributed by atoms with E-state index in [1.165, 1.54) is 11.8 Å². The molecule has 0 radical (unpaired) electrons.